The first-order valence-corrected chi connectivity index (χ1v) is 8.16. The summed E-state index contributed by atoms with van der Waals surface area (Å²) in [6.07, 6.45) is 2.61. The van der Waals surface area contributed by atoms with E-state index in [2.05, 4.69) is 19.9 Å². The predicted molar refractivity (Wildman–Crippen MR) is 109 cm³/mol. The van der Waals surface area contributed by atoms with Crippen LogP contribution in [0.4, 0.5) is 10.1 Å². The molecule has 0 saturated carbocycles. The number of aliphatic imine (C=N–C) groups is 1. The zero-order valence-corrected chi connectivity index (χ0v) is 16.6. The number of rotatable bonds is 4. The fraction of sp³-hybridized carbons (Fsp3) is 0.412. The van der Waals surface area contributed by atoms with Crippen molar-refractivity contribution in [3.63, 3.8) is 0 Å². The van der Waals surface area contributed by atoms with E-state index in [1.54, 1.807) is 6.20 Å². The number of anilines is 1. The average Bonchev–Trinajstić information content (AvgIpc) is 3.01. The number of aromatic nitrogens is 2. The van der Waals surface area contributed by atoms with E-state index in [4.69, 9.17) is 5.73 Å². The van der Waals surface area contributed by atoms with Crippen molar-refractivity contribution in [3.8, 4) is 0 Å². The fourth-order valence-electron chi connectivity index (χ4n) is 2.88. The van der Waals surface area contributed by atoms with E-state index in [-0.39, 0.29) is 29.8 Å². The van der Waals surface area contributed by atoms with Gasteiger partial charge in [0.05, 0.1) is 0 Å². The van der Waals surface area contributed by atoms with Crippen LogP contribution in [-0.2, 0) is 13.5 Å². The number of hydrogen-bond donors (Lipinski definition) is 1. The lowest BCUT2D eigenvalue weighted by Crippen LogP contribution is -2.51. The summed E-state index contributed by atoms with van der Waals surface area (Å²) in [5.41, 5.74) is 8.31. The molecule has 6 nitrogen and oxygen atoms in total. The molecular formula is C17H24FIN6. The number of hydrogen-bond acceptors (Lipinski definition) is 3. The SMILES string of the molecule is Cn1nccc1CCN=C(N)N1CCN(c2ccc(F)cc2)CC1.I. The highest BCUT2D eigenvalue weighted by Crippen LogP contribution is 2.16. The lowest BCUT2D eigenvalue weighted by atomic mass is 10.2. The lowest BCUT2D eigenvalue weighted by Gasteiger charge is -2.36. The van der Waals surface area contributed by atoms with Crippen LogP contribution in [0.2, 0.25) is 0 Å². The van der Waals surface area contributed by atoms with Crippen molar-refractivity contribution in [3.05, 3.63) is 48.0 Å². The Morgan fingerprint density at radius 3 is 2.44 bits per heavy atom. The quantitative estimate of drug-likeness (QED) is 0.432. The normalized spacial score (nSPS) is 15.2. The Bertz CT molecular complexity index is 691. The van der Waals surface area contributed by atoms with Crippen LogP contribution in [0, 0.1) is 5.82 Å². The molecule has 0 radical (unpaired) electrons. The topological polar surface area (TPSA) is 62.7 Å². The van der Waals surface area contributed by atoms with E-state index in [1.807, 2.05) is 29.9 Å². The second-order valence-corrected chi connectivity index (χ2v) is 5.89. The molecule has 1 aliphatic heterocycles. The third kappa shape index (κ3) is 5.07. The summed E-state index contributed by atoms with van der Waals surface area (Å²) in [5, 5.41) is 4.14. The number of halogens is 2. The molecule has 1 fully saturated rings. The van der Waals surface area contributed by atoms with Gasteiger partial charge in [-0.15, -0.1) is 24.0 Å². The molecule has 1 saturated heterocycles. The molecule has 2 N–H and O–H groups in total. The first-order chi connectivity index (χ1) is 11.6. The van der Waals surface area contributed by atoms with E-state index in [0.29, 0.717) is 12.5 Å². The van der Waals surface area contributed by atoms with Crippen molar-refractivity contribution in [2.45, 2.75) is 6.42 Å². The minimum absolute atomic E-state index is 0. The highest BCUT2D eigenvalue weighted by Gasteiger charge is 2.18. The lowest BCUT2D eigenvalue weighted by molar-refractivity contribution is 0.381. The Morgan fingerprint density at radius 2 is 1.84 bits per heavy atom. The molecule has 136 valence electrons. The summed E-state index contributed by atoms with van der Waals surface area (Å²) in [5.74, 6) is 0.387. The van der Waals surface area contributed by atoms with Crippen LogP contribution in [0.1, 0.15) is 5.69 Å². The molecule has 1 aliphatic rings. The largest absolute Gasteiger partial charge is 0.370 e. The van der Waals surface area contributed by atoms with Crippen molar-refractivity contribution >= 4 is 35.6 Å². The molecule has 8 heteroatoms. The molecule has 0 aliphatic carbocycles. The van der Waals surface area contributed by atoms with Gasteiger partial charge in [-0.05, 0) is 30.3 Å². The summed E-state index contributed by atoms with van der Waals surface area (Å²) in [4.78, 5) is 8.82. The van der Waals surface area contributed by atoms with Crippen molar-refractivity contribution < 1.29 is 4.39 Å². The Balaban J connectivity index is 0.00000225. The Kier molecular flexibility index (Phi) is 7.03. The van der Waals surface area contributed by atoms with Gasteiger partial charge in [0, 0.05) is 63.8 Å². The molecule has 1 aromatic heterocycles. The zero-order chi connectivity index (χ0) is 16.9. The van der Waals surface area contributed by atoms with E-state index in [0.717, 1.165) is 44.0 Å². The van der Waals surface area contributed by atoms with Crippen LogP contribution < -0.4 is 10.6 Å². The third-order valence-corrected chi connectivity index (χ3v) is 4.36. The van der Waals surface area contributed by atoms with E-state index in [1.165, 1.54) is 12.1 Å². The molecule has 2 aromatic rings. The van der Waals surface area contributed by atoms with Gasteiger partial charge in [-0.3, -0.25) is 9.67 Å². The number of nitrogens with two attached hydrogens (primary N) is 1. The maximum absolute atomic E-state index is 13.0. The summed E-state index contributed by atoms with van der Waals surface area (Å²) in [6, 6.07) is 8.62. The first kappa shape index (κ1) is 19.5. The molecule has 0 amide bonds. The molecule has 0 atom stereocenters. The summed E-state index contributed by atoms with van der Waals surface area (Å²) in [7, 11) is 1.93. The molecule has 2 heterocycles. The van der Waals surface area contributed by atoms with E-state index >= 15 is 0 Å². The van der Waals surface area contributed by atoms with Crippen molar-refractivity contribution in [2.75, 3.05) is 37.6 Å². The summed E-state index contributed by atoms with van der Waals surface area (Å²) in [6.45, 7) is 3.99. The first-order valence-electron chi connectivity index (χ1n) is 8.16. The third-order valence-electron chi connectivity index (χ3n) is 4.36. The minimum atomic E-state index is -0.206. The number of benzene rings is 1. The van der Waals surface area contributed by atoms with Crippen LogP contribution in [0.15, 0.2) is 41.5 Å². The second-order valence-electron chi connectivity index (χ2n) is 5.89. The molecule has 0 unspecified atom stereocenters. The van der Waals surface area contributed by atoms with Crippen LogP contribution in [-0.4, -0.2) is 53.4 Å². The van der Waals surface area contributed by atoms with Crippen molar-refractivity contribution in [1.82, 2.24) is 14.7 Å². The maximum atomic E-state index is 13.0. The molecule has 0 bridgehead atoms. The van der Waals surface area contributed by atoms with Gasteiger partial charge < -0.3 is 15.5 Å². The van der Waals surface area contributed by atoms with Gasteiger partial charge in [0.2, 0.25) is 0 Å². The average molecular weight is 458 g/mol. The van der Waals surface area contributed by atoms with E-state index < -0.39 is 0 Å². The highest BCUT2D eigenvalue weighted by molar-refractivity contribution is 14.0. The monoisotopic (exact) mass is 458 g/mol. The van der Waals surface area contributed by atoms with E-state index in [9.17, 15) is 4.39 Å². The molecule has 0 spiro atoms. The van der Waals surface area contributed by atoms with Gasteiger partial charge in [-0.1, -0.05) is 0 Å². The van der Waals surface area contributed by atoms with Crippen LogP contribution >= 0.6 is 24.0 Å². The Hall–Kier alpha value is -1.84. The van der Waals surface area contributed by atoms with Gasteiger partial charge in [0.15, 0.2) is 5.96 Å². The standard InChI is InChI=1S/C17H23FN6.HI/c1-22-15(7-9-21-22)6-8-20-17(19)24-12-10-23(11-13-24)16-4-2-14(18)3-5-16;/h2-5,7,9H,6,8,10-13H2,1H3,(H2,19,20);1H. The number of nitrogens with zero attached hydrogens (tertiary/aromatic N) is 5. The second kappa shape index (κ2) is 9.02. The number of piperazine rings is 1. The van der Waals surface area contributed by atoms with Gasteiger partial charge in [-0.25, -0.2) is 4.39 Å². The molecule has 25 heavy (non-hydrogen) atoms. The number of guanidine groups is 1. The summed E-state index contributed by atoms with van der Waals surface area (Å²) >= 11 is 0. The molecule has 1 aromatic carbocycles. The predicted octanol–water partition coefficient (Wildman–Crippen LogP) is 1.86. The maximum Gasteiger partial charge on any atom is 0.191 e. The minimum Gasteiger partial charge on any atom is -0.370 e. The van der Waals surface area contributed by atoms with Crippen LogP contribution in [0.3, 0.4) is 0 Å². The Morgan fingerprint density at radius 1 is 1.16 bits per heavy atom. The zero-order valence-electron chi connectivity index (χ0n) is 14.3. The van der Waals surface area contributed by atoms with Crippen molar-refractivity contribution in [2.24, 2.45) is 17.8 Å². The van der Waals surface area contributed by atoms with Crippen LogP contribution in [0.25, 0.3) is 0 Å². The number of aryl methyl sites for hydroxylation is 1. The van der Waals surface area contributed by atoms with Gasteiger partial charge >= 0.3 is 0 Å². The highest BCUT2D eigenvalue weighted by atomic mass is 127. The van der Waals surface area contributed by atoms with Crippen molar-refractivity contribution in [1.29, 1.82) is 0 Å². The molecular weight excluding hydrogens is 434 g/mol. The molecule has 3 rings (SSSR count). The van der Waals surface area contributed by atoms with Crippen LogP contribution in [0.5, 0.6) is 0 Å². The smallest absolute Gasteiger partial charge is 0.191 e. The fourth-order valence-corrected chi connectivity index (χ4v) is 2.88. The van der Waals surface area contributed by atoms with Gasteiger partial charge in [-0.2, -0.15) is 5.10 Å². The Labute approximate surface area is 164 Å². The summed E-state index contributed by atoms with van der Waals surface area (Å²) < 4.78 is 14.9. The van der Waals surface area contributed by atoms with Gasteiger partial charge in [0.1, 0.15) is 5.82 Å². The van der Waals surface area contributed by atoms with Gasteiger partial charge in [0.25, 0.3) is 0 Å².